The fourth-order valence-electron chi connectivity index (χ4n) is 4.85. The molecule has 1 aromatic rings. The maximum Gasteiger partial charge on any atom is 0.225 e. The van der Waals surface area contributed by atoms with Crippen LogP contribution in [-0.2, 0) is 11.2 Å². The molecule has 136 valence electrons. The number of hydrogen-bond donors (Lipinski definition) is 1. The van der Waals surface area contributed by atoms with Crippen molar-refractivity contribution in [3.05, 3.63) is 35.4 Å². The molecule has 4 heteroatoms. The van der Waals surface area contributed by atoms with E-state index in [9.17, 15) is 9.90 Å². The molecule has 2 aliphatic heterocycles. The van der Waals surface area contributed by atoms with Gasteiger partial charge in [-0.05, 0) is 62.2 Å². The summed E-state index contributed by atoms with van der Waals surface area (Å²) in [5.74, 6) is 1.32. The van der Waals surface area contributed by atoms with Gasteiger partial charge in [-0.25, -0.2) is 0 Å². The molecule has 1 aromatic carbocycles. The van der Waals surface area contributed by atoms with Crippen molar-refractivity contribution in [2.45, 2.75) is 51.2 Å². The number of aliphatic hydroxyl groups is 1. The molecule has 4 nitrogen and oxygen atoms in total. The van der Waals surface area contributed by atoms with Gasteiger partial charge in [0.15, 0.2) is 0 Å². The van der Waals surface area contributed by atoms with Gasteiger partial charge >= 0.3 is 0 Å². The molecule has 25 heavy (non-hydrogen) atoms. The Morgan fingerprint density at radius 3 is 2.40 bits per heavy atom. The van der Waals surface area contributed by atoms with Crippen LogP contribution in [0.25, 0.3) is 0 Å². The zero-order valence-corrected chi connectivity index (χ0v) is 15.2. The number of carbonyl (C=O) groups is 1. The molecule has 1 aliphatic carbocycles. The van der Waals surface area contributed by atoms with Gasteiger partial charge in [0.25, 0.3) is 0 Å². The Balaban J connectivity index is 1.32. The van der Waals surface area contributed by atoms with Crippen molar-refractivity contribution in [2.24, 2.45) is 11.8 Å². The summed E-state index contributed by atoms with van der Waals surface area (Å²) in [7, 11) is 0. The first kappa shape index (κ1) is 17.0. The topological polar surface area (TPSA) is 43.8 Å². The smallest absolute Gasteiger partial charge is 0.225 e. The van der Waals surface area contributed by atoms with Gasteiger partial charge in [-0.1, -0.05) is 31.2 Å². The van der Waals surface area contributed by atoms with E-state index < -0.39 is 0 Å². The molecule has 0 spiro atoms. The van der Waals surface area contributed by atoms with E-state index in [-0.39, 0.29) is 18.1 Å². The van der Waals surface area contributed by atoms with Crippen molar-refractivity contribution in [2.75, 3.05) is 26.2 Å². The van der Waals surface area contributed by atoms with E-state index >= 15 is 0 Å². The van der Waals surface area contributed by atoms with E-state index in [1.165, 1.54) is 5.56 Å². The Morgan fingerprint density at radius 1 is 1.04 bits per heavy atom. The number of benzene rings is 1. The average Bonchev–Trinajstić information content (AvgIpc) is 2.99. The number of rotatable bonds is 2. The molecule has 2 unspecified atom stereocenters. The van der Waals surface area contributed by atoms with Gasteiger partial charge in [-0.15, -0.1) is 0 Å². The minimum absolute atomic E-state index is 0.185. The summed E-state index contributed by atoms with van der Waals surface area (Å²) in [5, 5.41) is 10.7. The van der Waals surface area contributed by atoms with Crippen LogP contribution in [-0.4, -0.2) is 53.0 Å². The molecule has 1 N–H and O–H groups in total. The lowest BCUT2D eigenvalue weighted by Gasteiger charge is -2.39. The molecule has 0 saturated carbocycles. The number of hydrogen-bond acceptors (Lipinski definition) is 3. The van der Waals surface area contributed by atoms with Gasteiger partial charge in [0.1, 0.15) is 0 Å². The normalized spacial score (nSPS) is 29.0. The first-order valence-corrected chi connectivity index (χ1v) is 9.92. The van der Waals surface area contributed by atoms with Crippen molar-refractivity contribution in [3.63, 3.8) is 0 Å². The maximum atomic E-state index is 12.8. The molecule has 0 radical (unpaired) electrons. The van der Waals surface area contributed by atoms with Gasteiger partial charge in [-0.2, -0.15) is 0 Å². The van der Waals surface area contributed by atoms with E-state index in [0.29, 0.717) is 5.91 Å². The molecule has 1 amide bonds. The molecular weight excluding hydrogens is 312 g/mol. The summed E-state index contributed by atoms with van der Waals surface area (Å²) in [6.07, 6.45) is 4.72. The monoisotopic (exact) mass is 342 g/mol. The Kier molecular flexibility index (Phi) is 4.83. The molecular formula is C21H30N2O2. The summed E-state index contributed by atoms with van der Waals surface area (Å²) in [6.45, 7) is 6.02. The predicted octanol–water partition coefficient (Wildman–Crippen LogP) is 2.62. The fraction of sp³-hybridized carbons (Fsp3) is 0.667. The highest BCUT2D eigenvalue weighted by Crippen LogP contribution is 2.36. The van der Waals surface area contributed by atoms with Gasteiger partial charge in [0, 0.05) is 25.0 Å². The zero-order valence-electron chi connectivity index (χ0n) is 15.2. The predicted molar refractivity (Wildman–Crippen MR) is 98.2 cm³/mol. The molecule has 2 atom stereocenters. The lowest BCUT2D eigenvalue weighted by Crippen LogP contribution is -2.48. The van der Waals surface area contributed by atoms with Crippen LogP contribution in [0.15, 0.2) is 24.3 Å². The van der Waals surface area contributed by atoms with Crippen molar-refractivity contribution < 1.29 is 9.90 Å². The van der Waals surface area contributed by atoms with Crippen molar-refractivity contribution >= 4 is 5.91 Å². The summed E-state index contributed by atoms with van der Waals surface area (Å²) < 4.78 is 0. The van der Waals surface area contributed by atoms with Gasteiger partial charge in [-0.3, -0.25) is 9.69 Å². The number of piperidine rings is 2. The van der Waals surface area contributed by atoms with Crippen molar-refractivity contribution in [1.29, 1.82) is 0 Å². The van der Waals surface area contributed by atoms with Gasteiger partial charge in [0.2, 0.25) is 5.91 Å². The number of aliphatic hydroxyl groups excluding tert-OH is 1. The Hall–Kier alpha value is -1.39. The maximum absolute atomic E-state index is 12.8. The molecule has 0 aromatic heterocycles. The lowest BCUT2D eigenvalue weighted by molar-refractivity contribution is -0.138. The number of fused-ring (bicyclic) bond motifs is 1. The van der Waals surface area contributed by atoms with Crippen LogP contribution in [0.4, 0.5) is 0 Å². The Morgan fingerprint density at radius 2 is 1.72 bits per heavy atom. The van der Waals surface area contributed by atoms with Crippen LogP contribution in [0.2, 0.25) is 0 Å². The second-order valence-electron chi connectivity index (χ2n) is 8.23. The third kappa shape index (κ3) is 3.34. The van der Waals surface area contributed by atoms with Crippen LogP contribution in [0.1, 0.15) is 49.8 Å². The first-order valence-electron chi connectivity index (χ1n) is 9.92. The highest BCUT2D eigenvalue weighted by atomic mass is 16.3. The number of likely N-dealkylation sites (tertiary alicyclic amines) is 2. The third-order valence-electron chi connectivity index (χ3n) is 6.61. The standard InChI is InChI=1S/C21H30N2O2/c1-15-6-10-23(11-7-15)21(25)16-8-12-22(13-9-16)19-14-17-4-2-3-5-18(17)20(19)24/h2-5,15-16,19-20,24H,6-14H2,1H3. The highest BCUT2D eigenvalue weighted by molar-refractivity contribution is 5.79. The summed E-state index contributed by atoms with van der Waals surface area (Å²) in [6, 6.07) is 8.43. The fourth-order valence-corrected chi connectivity index (χ4v) is 4.85. The highest BCUT2D eigenvalue weighted by Gasteiger charge is 2.38. The lowest BCUT2D eigenvalue weighted by atomic mass is 9.91. The average molecular weight is 342 g/mol. The van der Waals surface area contributed by atoms with Crippen molar-refractivity contribution in [3.8, 4) is 0 Å². The minimum atomic E-state index is -0.382. The molecule has 3 aliphatic rings. The molecule has 4 rings (SSSR count). The quantitative estimate of drug-likeness (QED) is 0.898. The third-order valence-corrected chi connectivity index (χ3v) is 6.61. The van der Waals surface area contributed by atoms with E-state index in [1.807, 2.05) is 12.1 Å². The van der Waals surface area contributed by atoms with E-state index in [0.717, 1.165) is 69.8 Å². The van der Waals surface area contributed by atoms with E-state index in [1.54, 1.807) is 0 Å². The number of carbonyl (C=O) groups excluding carboxylic acids is 1. The van der Waals surface area contributed by atoms with Gasteiger partial charge in [0.05, 0.1) is 6.10 Å². The van der Waals surface area contributed by atoms with Crippen LogP contribution >= 0.6 is 0 Å². The zero-order chi connectivity index (χ0) is 17.4. The Bertz CT molecular complexity index is 616. The Labute approximate surface area is 150 Å². The molecule has 2 saturated heterocycles. The summed E-state index contributed by atoms with van der Waals surface area (Å²) in [5.41, 5.74) is 2.37. The number of amides is 1. The van der Waals surface area contributed by atoms with Crippen LogP contribution in [0.3, 0.4) is 0 Å². The van der Waals surface area contributed by atoms with Crippen LogP contribution in [0.5, 0.6) is 0 Å². The summed E-state index contributed by atoms with van der Waals surface area (Å²) >= 11 is 0. The van der Waals surface area contributed by atoms with E-state index in [4.69, 9.17) is 0 Å². The molecule has 2 fully saturated rings. The second kappa shape index (κ2) is 7.08. The second-order valence-corrected chi connectivity index (χ2v) is 8.23. The van der Waals surface area contributed by atoms with E-state index in [2.05, 4.69) is 28.9 Å². The van der Waals surface area contributed by atoms with Crippen LogP contribution < -0.4 is 0 Å². The SMILES string of the molecule is CC1CCN(C(=O)C2CCN(C3Cc4ccccc4C3O)CC2)CC1. The summed E-state index contributed by atoms with van der Waals surface area (Å²) in [4.78, 5) is 17.3. The van der Waals surface area contributed by atoms with Crippen LogP contribution in [0, 0.1) is 11.8 Å². The number of nitrogens with zero attached hydrogens (tertiary/aromatic N) is 2. The largest absolute Gasteiger partial charge is 0.387 e. The van der Waals surface area contributed by atoms with Crippen molar-refractivity contribution in [1.82, 2.24) is 9.80 Å². The van der Waals surface area contributed by atoms with Gasteiger partial charge < -0.3 is 10.0 Å². The minimum Gasteiger partial charge on any atom is -0.387 e. The molecule has 0 bridgehead atoms. The first-order chi connectivity index (χ1) is 12.1. The molecule has 2 heterocycles.